The molecule has 0 radical (unpaired) electrons. The van der Waals surface area contributed by atoms with E-state index in [9.17, 15) is 9.59 Å². The third-order valence-corrected chi connectivity index (χ3v) is 3.63. The highest BCUT2D eigenvalue weighted by Crippen LogP contribution is 2.27. The van der Waals surface area contributed by atoms with Gasteiger partial charge in [0.2, 0.25) is 0 Å². The number of carboxylic acids is 1. The fourth-order valence-electron chi connectivity index (χ4n) is 2.45. The molecule has 0 spiro atoms. The quantitative estimate of drug-likeness (QED) is 0.791. The number of nitrogens with zero attached hydrogens (tertiary/aromatic N) is 1. The van der Waals surface area contributed by atoms with Gasteiger partial charge in [-0.1, -0.05) is 13.3 Å². The van der Waals surface area contributed by atoms with E-state index < -0.39 is 11.9 Å². The molecule has 5 nitrogen and oxygen atoms in total. The van der Waals surface area contributed by atoms with Gasteiger partial charge in [-0.2, -0.15) is 0 Å². The normalized spacial score (nSPS) is 19.6. The molecule has 0 bridgehead atoms. The summed E-state index contributed by atoms with van der Waals surface area (Å²) in [6.07, 6.45) is 3.41. The molecule has 0 aromatic heterocycles. The molecule has 1 heterocycles. The molecule has 5 heteroatoms. The summed E-state index contributed by atoms with van der Waals surface area (Å²) >= 11 is 0. The van der Waals surface area contributed by atoms with Crippen LogP contribution in [0.4, 0.5) is 4.79 Å². The fourth-order valence-corrected chi connectivity index (χ4v) is 2.45. The number of hydrogen-bond acceptors (Lipinski definition) is 2. The van der Waals surface area contributed by atoms with Crippen LogP contribution in [0.5, 0.6) is 0 Å². The van der Waals surface area contributed by atoms with Crippen molar-refractivity contribution in [2.24, 2.45) is 5.92 Å². The van der Waals surface area contributed by atoms with Gasteiger partial charge < -0.3 is 15.3 Å². The minimum atomic E-state index is -0.835. The van der Waals surface area contributed by atoms with Gasteiger partial charge >= 0.3 is 12.0 Å². The van der Waals surface area contributed by atoms with Crippen LogP contribution >= 0.6 is 0 Å². The number of carbonyl (C=O) groups excluding carboxylic acids is 1. The second-order valence-electron chi connectivity index (χ2n) is 5.58. The van der Waals surface area contributed by atoms with E-state index in [4.69, 9.17) is 5.11 Å². The lowest BCUT2D eigenvalue weighted by atomic mass is 10.0. The molecule has 1 rings (SSSR count). The lowest BCUT2D eigenvalue weighted by Gasteiger charge is -2.32. The molecule has 18 heavy (non-hydrogen) atoms. The predicted octanol–water partition coefficient (Wildman–Crippen LogP) is 2.07. The first-order valence-electron chi connectivity index (χ1n) is 6.66. The molecule has 1 atom stereocenters. The molecular weight excluding hydrogens is 232 g/mol. The number of likely N-dealkylation sites (tertiary alicyclic amines) is 1. The first kappa shape index (κ1) is 14.8. The van der Waals surface area contributed by atoms with Crippen molar-refractivity contribution in [2.45, 2.75) is 52.0 Å². The maximum Gasteiger partial charge on any atom is 0.317 e. The molecule has 0 aliphatic carbocycles. The second-order valence-corrected chi connectivity index (χ2v) is 5.58. The van der Waals surface area contributed by atoms with Crippen LogP contribution < -0.4 is 5.32 Å². The van der Waals surface area contributed by atoms with E-state index in [0.29, 0.717) is 6.42 Å². The number of amides is 2. The molecule has 0 saturated carbocycles. The highest BCUT2D eigenvalue weighted by molar-refractivity contribution is 5.77. The highest BCUT2D eigenvalue weighted by Gasteiger charge is 2.35. The zero-order valence-electron chi connectivity index (χ0n) is 11.5. The van der Waals surface area contributed by atoms with E-state index in [1.54, 1.807) is 4.90 Å². The third kappa shape index (κ3) is 3.62. The average Bonchev–Trinajstić information content (AvgIpc) is 2.63. The summed E-state index contributed by atoms with van der Waals surface area (Å²) in [5.74, 6) is -1.32. The molecule has 0 aromatic carbocycles. The van der Waals surface area contributed by atoms with Crippen molar-refractivity contribution in [2.75, 3.05) is 13.1 Å². The van der Waals surface area contributed by atoms with Gasteiger partial charge in [-0.25, -0.2) is 4.79 Å². The summed E-state index contributed by atoms with van der Waals surface area (Å²) in [6.45, 7) is 7.00. The summed E-state index contributed by atoms with van der Waals surface area (Å²) in [7, 11) is 0. The molecule has 1 aliphatic heterocycles. The topological polar surface area (TPSA) is 69.6 Å². The Morgan fingerprint density at radius 2 is 2.11 bits per heavy atom. The van der Waals surface area contributed by atoms with Gasteiger partial charge in [0.25, 0.3) is 0 Å². The smallest absolute Gasteiger partial charge is 0.317 e. The van der Waals surface area contributed by atoms with Crippen molar-refractivity contribution < 1.29 is 14.7 Å². The van der Waals surface area contributed by atoms with E-state index in [-0.39, 0.29) is 18.1 Å². The van der Waals surface area contributed by atoms with E-state index in [1.807, 2.05) is 20.8 Å². The van der Waals surface area contributed by atoms with Crippen molar-refractivity contribution in [3.8, 4) is 0 Å². The van der Waals surface area contributed by atoms with Crippen LogP contribution in [0.2, 0.25) is 0 Å². The number of hydrogen-bond donors (Lipinski definition) is 2. The van der Waals surface area contributed by atoms with Crippen LogP contribution in [0.3, 0.4) is 0 Å². The van der Waals surface area contributed by atoms with Crippen LogP contribution in [-0.4, -0.2) is 40.6 Å². The zero-order valence-corrected chi connectivity index (χ0v) is 11.5. The monoisotopic (exact) mass is 256 g/mol. The number of rotatable bonds is 5. The van der Waals surface area contributed by atoms with E-state index in [2.05, 4.69) is 5.32 Å². The molecule has 1 unspecified atom stereocenters. The standard InChI is InChI=1S/C13H24N2O3/c1-4-6-10(11(16)17)9-14-12(18)15-8-5-7-13(15,2)3/h10H,4-9H2,1-3H3,(H,14,18)(H,16,17). The van der Waals surface area contributed by atoms with Gasteiger partial charge in [0, 0.05) is 18.6 Å². The van der Waals surface area contributed by atoms with Gasteiger partial charge in [0.05, 0.1) is 5.92 Å². The van der Waals surface area contributed by atoms with Crippen molar-refractivity contribution in [1.29, 1.82) is 0 Å². The summed E-state index contributed by atoms with van der Waals surface area (Å²) in [5.41, 5.74) is -0.118. The molecule has 2 amide bonds. The first-order chi connectivity index (χ1) is 8.38. The molecule has 1 saturated heterocycles. The number of carboxylic acid groups (broad SMARTS) is 1. The van der Waals surface area contributed by atoms with Crippen molar-refractivity contribution >= 4 is 12.0 Å². The van der Waals surface area contributed by atoms with Gasteiger partial charge in [-0.3, -0.25) is 4.79 Å². The maximum atomic E-state index is 12.0. The van der Waals surface area contributed by atoms with E-state index in [0.717, 1.165) is 25.8 Å². The Hall–Kier alpha value is -1.26. The van der Waals surface area contributed by atoms with E-state index in [1.165, 1.54) is 0 Å². The number of urea groups is 1. The van der Waals surface area contributed by atoms with Crippen molar-refractivity contribution in [1.82, 2.24) is 10.2 Å². The van der Waals surface area contributed by atoms with Crippen LogP contribution in [0.1, 0.15) is 46.5 Å². The molecule has 0 aromatic rings. The van der Waals surface area contributed by atoms with Crippen LogP contribution in [0.15, 0.2) is 0 Å². The fraction of sp³-hybridized carbons (Fsp3) is 0.846. The number of carbonyl (C=O) groups is 2. The number of aliphatic carboxylic acids is 1. The molecule has 1 aliphatic rings. The van der Waals surface area contributed by atoms with Gasteiger partial charge in [-0.15, -0.1) is 0 Å². The Labute approximate surface area is 109 Å². The predicted molar refractivity (Wildman–Crippen MR) is 69.5 cm³/mol. The lowest BCUT2D eigenvalue weighted by Crippen LogP contribution is -2.49. The van der Waals surface area contributed by atoms with E-state index >= 15 is 0 Å². The Morgan fingerprint density at radius 3 is 2.56 bits per heavy atom. The highest BCUT2D eigenvalue weighted by atomic mass is 16.4. The summed E-state index contributed by atoms with van der Waals surface area (Å²) in [5, 5.41) is 11.8. The van der Waals surface area contributed by atoms with Gasteiger partial charge in [0.1, 0.15) is 0 Å². The largest absolute Gasteiger partial charge is 0.481 e. The summed E-state index contributed by atoms with van der Waals surface area (Å²) < 4.78 is 0. The minimum absolute atomic E-state index is 0.118. The SMILES string of the molecule is CCCC(CNC(=O)N1CCCC1(C)C)C(=O)O. The lowest BCUT2D eigenvalue weighted by molar-refractivity contribution is -0.141. The third-order valence-electron chi connectivity index (χ3n) is 3.63. The summed E-state index contributed by atoms with van der Waals surface area (Å²) in [6, 6.07) is -0.139. The van der Waals surface area contributed by atoms with Crippen LogP contribution in [0.25, 0.3) is 0 Å². The molecular formula is C13H24N2O3. The minimum Gasteiger partial charge on any atom is -0.481 e. The Bertz CT molecular complexity index is 315. The van der Waals surface area contributed by atoms with Crippen LogP contribution in [-0.2, 0) is 4.79 Å². The first-order valence-corrected chi connectivity index (χ1v) is 6.66. The summed E-state index contributed by atoms with van der Waals surface area (Å²) in [4.78, 5) is 24.8. The zero-order chi connectivity index (χ0) is 13.8. The maximum absolute atomic E-state index is 12.0. The Balaban J connectivity index is 2.47. The van der Waals surface area contributed by atoms with Gasteiger partial charge in [0.15, 0.2) is 0 Å². The van der Waals surface area contributed by atoms with Crippen LogP contribution in [0, 0.1) is 5.92 Å². The molecule has 104 valence electrons. The second kappa shape index (κ2) is 6.07. The molecule has 2 N–H and O–H groups in total. The van der Waals surface area contributed by atoms with Gasteiger partial charge in [-0.05, 0) is 33.1 Å². The molecule has 1 fully saturated rings. The Kier molecular flexibility index (Phi) is 4.99. The number of nitrogens with one attached hydrogen (secondary N) is 1. The Morgan fingerprint density at radius 1 is 1.44 bits per heavy atom. The van der Waals surface area contributed by atoms with Crippen molar-refractivity contribution in [3.63, 3.8) is 0 Å². The average molecular weight is 256 g/mol. The van der Waals surface area contributed by atoms with Crippen molar-refractivity contribution in [3.05, 3.63) is 0 Å².